The minimum Gasteiger partial charge on any atom is -0.459 e. The van der Waals surface area contributed by atoms with Crippen LogP contribution >= 0.6 is 11.3 Å². The molecular weight excluding hydrogens is 386 g/mol. The van der Waals surface area contributed by atoms with Gasteiger partial charge in [-0.3, -0.25) is 9.59 Å². The smallest absolute Gasteiger partial charge is 0.287 e. The fourth-order valence-corrected chi connectivity index (χ4v) is 3.96. The SMILES string of the molecule is CN(C)C(CNC(=O)C(Cc1ccccc1)NC(=O)c1ccco1)c1cccs1. The minimum atomic E-state index is -0.707. The molecule has 3 aromatic rings. The summed E-state index contributed by atoms with van der Waals surface area (Å²) >= 11 is 1.66. The number of rotatable bonds is 9. The molecule has 152 valence electrons. The Labute approximate surface area is 174 Å². The first-order valence-electron chi connectivity index (χ1n) is 9.40. The number of likely N-dealkylation sites (N-methyl/N-ethyl adjacent to an activating group) is 1. The molecule has 6 nitrogen and oxygen atoms in total. The third-order valence-corrected chi connectivity index (χ3v) is 5.59. The molecule has 2 aromatic heterocycles. The lowest BCUT2D eigenvalue weighted by molar-refractivity contribution is -0.123. The van der Waals surface area contributed by atoms with Gasteiger partial charge in [0.25, 0.3) is 5.91 Å². The van der Waals surface area contributed by atoms with Crippen molar-refractivity contribution in [2.75, 3.05) is 20.6 Å². The summed E-state index contributed by atoms with van der Waals surface area (Å²) in [6.07, 6.45) is 1.83. The van der Waals surface area contributed by atoms with Crippen molar-refractivity contribution in [1.29, 1.82) is 0 Å². The standard InChI is InChI=1S/C22H25N3O3S/c1-25(2)18(20-11-7-13-29-20)15-23-21(26)17(14-16-8-4-3-5-9-16)24-22(27)19-10-6-12-28-19/h3-13,17-18H,14-15H2,1-2H3,(H,23,26)(H,24,27). The van der Waals surface area contributed by atoms with Crippen LogP contribution in [0, 0.1) is 0 Å². The lowest BCUT2D eigenvalue weighted by Crippen LogP contribution is -2.49. The van der Waals surface area contributed by atoms with E-state index in [1.54, 1.807) is 23.5 Å². The molecule has 0 spiro atoms. The predicted molar refractivity (Wildman–Crippen MR) is 114 cm³/mol. The van der Waals surface area contributed by atoms with Gasteiger partial charge in [0.05, 0.1) is 12.3 Å². The summed E-state index contributed by atoms with van der Waals surface area (Å²) in [5, 5.41) is 7.83. The van der Waals surface area contributed by atoms with Crippen molar-refractivity contribution in [1.82, 2.24) is 15.5 Å². The second kappa shape index (κ2) is 10.0. The number of nitrogens with zero attached hydrogens (tertiary/aromatic N) is 1. The average molecular weight is 412 g/mol. The van der Waals surface area contributed by atoms with E-state index < -0.39 is 11.9 Å². The van der Waals surface area contributed by atoms with Crippen LogP contribution in [0.2, 0.25) is 0 Å². The Hall–Kier alpha value is -2.90. The van der Waals surface area contributed by atoms with Crippen molar-refractivity contribution in [3.63, 3.8) is 0 Å². The average Bonchev–Trinajstić information content (AvgIpc) is 3.42. The van der Waals surface area contributed by atoms with E-state index >= 15 is 0 Å². The monoisotopic (exact) mass is 411 g/mol. The number of hydrogen-bond acceptors (Lipinski definition) is 5. The molecule has 0 aliphatic rings. The maximum Gasteiger partial charge on any atom is 0.287 e. The van der Waals surface area contributed by atoms with E-state index in [1.165, 1.54) is 11.1 Å². The fourth-order valence-electron chi connectivity index (χ4n) is 3.04. The van der Waals surface area contributed by atoms with Crippen LogP contribution < -0.4 is 10.6 Å². The first-order valence-corrected chi connectivity index (χ1v) is 10.3. The zero-order valence-corrected chi connectivity index (χ0v) is 17.3. The van der Waals surface area contributed by atoms with Gasteiger partial charge in [0.15, 0.2) is 5.76 Å². The molecule has 2 atom stereocenters. The topological polar surface area (TPSA) is 74.6 Å². The first-order chi connectivity index (χ1) is 14.0. The summed E-state index contributed by atoms with van der Waals surface area (Å²) in [7, 11) is 3.97. The largest absolute Gasteiger partial charge is 0.459 e. The molecule has 1 aromatic carbocycles. The van der Waals surface area contributed by atoms with Gasteiger partial charge in [0, 0.05) is 17.8 Å². The molecule has 2 N–H and O–H groups in total. The highest BCUT2D eigenvalue weighted by molar-refractivity contribution is 7.10. The normalized spacial score (nSPS) is 13.1. The highest BCUT2D eigenvalue weighted by atomic mass is 32.1. The molecule has 0 saturated carbocycles. The number of amides is 2. The summed E-state index contributed by atoms with van der Waals surface area (Å²) in [5.41, 5.74) is 0.967. The van der Waals surface area contributed by atoms with Crippen LogP contribution in [0.5, 0.6) is 0 Å². The van der Waals surface area contributed by atoms with E-state index in [2.05, 4.69) is 21.6 Å². The molecule has 7 heteroatoms. The maximum atomic E-state index is 13.0. The van der Waals surface area contributed by atoms with E-state index in [1.807, 2.05) is 55.9 Å². The maximum absolute atomic E-state index is 13.0. The van der Waals surface area contributed by atoms with Gasteiger partial charge in [-0.2, -0.15) is 0 Å². The number of hydrogen-bond donors (Lipinski definition) is 2. The number of carbonyl (C=O) groups is 2. The van der Waals surface area contributed by atoms with Crippen LogP contribution in [0.25, 0.3) is 0 Å². The number of nitrogens with one attached hydrogen (secondary N) is 2. The first kappa shape index (κ1) is 20.8. The molecule has 0 aliphatic carbocycles. The molecule has 0 bridgehead atoms. The van der Waals surface area contributed by atoms with Crippen molar-refractivity contribution in [3.8, 4) is 0 Å². The van der Waals surface area contributed by atoms with Crippen LogP contribution in [0.15, 0.2) is 70.7 Å². The molecule has 2 amide bonds. The summed E-state index contributed by atoms with van der Waals surface area (Å²) in [6.45, 7) is 0.453. The van der Waals surface area contributed by atoms with E-state index in [0.29, 0.717) is 13.0 Å². The van der Waals surface area contributed by atoms with Crippen LogP contribution in [-0.2, 0) is 11.2 Å². The van der Waals surface area contributed by atoms with E-state index in [4.69, 9.17) is 4.42 Å². The Morgan fingerprint density at radius 1 is 1.07 bits per heavy atom. The molecular formula is C22H25N3O3S. The van der Waals surface area contributed by atoms with Crippen molar-refractivity contribution >= 4 is 23.2 Å². The quantitative estimate of drug-likeness (QED) is 0.567. The van der Waals surface area contributed by atoms with Gasteiger partial charge in [-0.25, -0.2) is 0 Å². The van der Waals surface area contributed by atoms with Gasteiger partial charge in [-0.05, 0) is 43.2 Å². The molecule has 0 radical (unpaired) electrons. The lowest BCUT2D eigenvalue weighted by Gasteiger charge is -2.25. The predicted octanol–water partition coefficient (Wildman–Crippen LogP) is 3.10. The molecule has 29 heavy (non-hydrogen) atoms. The van der Waals surface area contributed by atoms with Crippen LogP contribution in [0.4, 0.5) is 0 Å². The number of furan rings is 1. The summed E-state index contributed by atoms with van der Waals surface area (Å²) in [4.78, 5) is 28.7. The van der Waals surface area contributed by atoms with Gasteiger partial charge in [-0.1, -0.05) is 36.4 Å². The lowest BCUT2D eigenvalue weighted by atomic mass is 10.0. The van der Waals surface area contributed by atoms with E-state index in [0.717, 1.165) is 5.56 Å². The zero-order chi connectivity index (χ0) is 20.6. The summed E-state index contributed by atoms with van der Waals surface area (Å²) in [6, 6.07) is 16.3. The fraction of sp³-hybridized carbons (Fsp3) is 0.273. The second-order valence-corrected chi connectivity index (χ2v) is 7.91. The van der Waals surface area contributed by atoms with Crippen molar-refractivity contribution < 1.29 is 14.0 Å². The number of benzene rings is 1. The Balaban J connectivity index is 1.70. The Bertz CT molecular complexity index is 893. The van der Waals surface area contributed by atoms with Crippen LogP contribution in [-0.4, -0.2) is 43.4 Å². The third-order valence-electron chi connectivity index (χ3n) is 4.61. The van der Waals surface area contributed by atoms with E-state index in [9.17, 15) is 9.59 Å². The van der Waals surface area contributed by atoms with E-state index in [-0.39, 0.29) is 17.7 Å². The van der Waals surface area contributed by atoms with Crippen LogP contribution in [0.3, 0.4) is 0 Å². The number of thiophene rings is 1. The Morgan fingerprint density at radius 2 is 1.86 bits per heavy atom. The van der Waals surface area contributed by atoms with Gasteiger partial charge in [-0.15, -0.1) is 11.3 Å². The molecule has 0 saturated heterocycles. The van der Waals surface area contributed by atoms with Gasteiger partial charge in [0.1, 0.15) is 6.04 Å². The summed E-state index contributed by atoms with van der Waals surface area (Å²) < 4.78 is 5.16. The third kappa shape index (κ3) is 5.79. The molecule has 0 aliphatic heterocycles. The van der Waals surface area contributed by atoms with Crippen molar-refractivity contribution in [3.05, 3.63) is 82.4 Å². The summed E-state index contributed by atoms with van der Waals surface area (Å²) in [5.74, 6) is -0.453. The second-order valence-electron chi connectivity index (χ2n) is 6.93. The van der Waals surface area contributed by atoms with Crippen molar-refractivity contribution in [2.45, 2.75) is 18.5 Å². The zero-order valence-electron chi connectivity index (χ0n) is 16.5. The molecule has 3 rings (SSSR count). The Kier molecular flexibility index (Phi) is 7.21. The highest BCUT2D eigenvalue weighted by Gasteiger charge is 2.24. The van der Waals surface area contributed by atoms with Crippen LogP contribution in [0.1, 0.15) is 27.0 Å². The van der Waals surface area contributed by atoms with Gasteiger partial charge >= 0.3 is 0 Å². The molecule has 2 heterocycles. The van der Waals surface area contributed by atoms with Gasteiger partial charge < -0.3 is 20.0 Å². The highest BCUT2D eigenvalue weighted by Crippen LogP contribution is 2.22. The number of carbonyl (C=O) groups excluding carboxylic acids is 2. The molecule has 0 fully saturated rings. The minimum absolute atomic E-state index is 0.0668. The van der Waals surface area contributed by atoms with Gasteiger partial charge in [0.2, 0.25) is 5.91 Å². The Morgan fingerprint density at radius 3 is 2.48 bits per heavy atom. The molecule has 2 unspecified atom stereocenters. The van der Waals surface area contributed by atoms with Crippen molar-refractivity contribution in [2.24, 2.45) is 0 Å².